The fourth-order valence-corrected chi connectivity index (χ4v) is 8.49. The Kier molecular flexibility index (Phi) is 23.9. The van der Waals surface area contributed by atoms with Crippen molar-refractivity contribution in [1.29, 1.82) is 0 Å². The van der Waals surface area contributed by atoms with E-state index in [0.29, 0.717) is 137 Å². The molecular formula is C45H58N2O15S2. The number of amides is 2. The van der Waals surface area contributed by atoms with Gasteiger partial charge in [0.1, 0.15) is 12.0 Å². The van der Waals surface area contributed by atoms with Crippen molar-refractivity contribution in [2.24, 2.45) is 0 Å². The highest BCUT2D eigenvalue weighted by Crippen LogP contribution is 2.50. The van der Waals surface area contributed by atoms with Gasteiger partial charge >= 0.3 is 0 Å². The molecule has 0 saturated heterocycles. The maximum absolute atomic E-state index is 13.2. The van der Waals surface area contributed by atoms with E-state index in [1.165, 1.54) is 60.1 Å². The van der Waals surface area contributed by atoms with Gasteiger partial charge in [-0.05, 0) is 59.9 Å². The molecule has 19 heteroatoms. The number of rotatable bonds is 32. The van der Waals surface area contributed by atoms with Crippen LogP contribution in [0.1, 0.15) is 57.1 Å². The molecule has 0 bridgehead atoms. The Morgan fingerprint density at radius 2 is 1.30 bits per heavy atom. The molecule has 350 valence electrons. The van der Waals surface area contributed by atoms with Crippen molar-refractivity contribution in [2.75, 3.05) is 113 Å². The first-order valence-electron chi connectivity index (χ1n) is 20.7. The fourth-order valence-electron chi connectivity index (χ4n) is 6.51. The number of ether oxygens (including phenoxy) is 10. The third kappa shape index (κ3) is 16.6. The Hall–Kier alpha value is -4.89. The summed E-state index contributed by atoms with van der Waals surface area (Å²) in [5.41, 5.74) is 3.50. The van der Waals surface area contributed by atoms with E-state index in [1.807, 2.05) is 12.1 Å². The molecule has 0 aliphatic heterocycles. The fraction of sp³-hybridized carbons (Fsp3) is 0.489. The number of aldehydes is 2. The monoisotopic (exact) mass is 930 g/mol. The molecule has 0 radical (unpaired) electrons. The molecule has 2 N–H and O–H groups in total. The average Bonchev–Trinajstić information content (AvgIpc) is 3.56. The summed E-state index contributed by atoms with van der Waals surface area (Å²) in [5.74, 6) is 2.79. The second-order valence-corrected chi connectivity index (χ2v) is 16.5. The Balaban J connectivity index is 1.00. The summed E-state index contributed by atoms with van der Waals surface area (Å²) in [6, 6.07) is 10.9. The molecule has 1 aliphatic rings. The number of hydrogen-bond acceptors (Lipinski definition) is 17. The molecule has 4 rings (SSSR count). The zero-order valence-electron chi connectivity index (χ0n) is 36.7. The van der Waals surface area contributed by atoms with Crippen molar-refractivity contribution < 1.29 is 66.5 Å². The van der Waals surface area contributed by atoms with Crippen LogP contribution in [0.2, 0.25) is 0 Å². The predicted octanol–water partition coefficient (Wildman–Crippen LogP) is 4.87. The molecule has 2 amide bonds. The van der Waals surface area contributed by atoms with Gasteiger partial charge < -0.3 is 58.0 Å². The molecule has 0 spiro atoms. The summed E-state index contributed by atoms with van der Waals surface area (Å²) in [4.78, 5) is 60.7. The summed E-state index contributed by atoms with van der Waals surface area (Å²) >= 11 is 0. The first-order valence-corrected chi connectivity index (χ1v) is 23.2. The highest BCUT2D eigenvalue weighted by atomic mass is 33.1. The summed E-state index contributed by atoms with van der Waals surface area (Å²) in [6.45, 7) is 3.63. The van der Waals surface area contributed by atoms with Gasteiger partial charge in [0.2, 0.25) is 23.0 Å². The van der Waals surface area contributed by atoms with Gasteiger partial charge in [0.05, 0.1) is 99.5 Å². The van der Waals surface area contributed by atoms with Gasteiger partial charge in [0.25, 0.3) is 0 Å². The molecule has 1 unspecified atom stereocenters. The Labute approximate surface area is 381 Å². The number of hydrogen-bond donors (Lipinski definition) is 2. The number of carbonyl (C=O) groups excluding carboxylic acids is 4. The third-order valence-corrected chi connectivity index (χ3v) is 12.0. The third-order valence-electron chi connectivity index (χ3n) is 9.62. The van der Waals surface area contributed by atoms with E-state index in [1.54, 1.807) is 20.3 Å². The van der Waals surface area contributed by atoms with Gasteiger partial charge in [0.15, 0.2) is 30.3 Å². The molecule has 17 nitrogen and oxygen atoms in total. The van der Waals surface area contributed by atoms with Crippen molar-refractivity contribution in [1.82, 2.24) is 10.6 Å². The first kappa shape index (κ1) is 51.7. The predicted molar refractivity (Wildman–Crippen MR) is 243 cm³/mol. The van der Waals surface area contributed by atoms with Crippen molar-refractivity contribution >= 4 is 46.0 Å². The van der Waals surface area contributed by atoms with Gasteiger partial charge in [-0.1, -0.05) is 33.7 Å². The van der Waals surface area contributed by atoms with Crippen LogP contribution in [0.4, 0.5) is 0 Å². The number of nitrogens with one attached hydrogen (secondary N) is 2. The minimum atomic E-state index is -0.451. The van der Waals surface area contributed by atoms with Crippen molar-refractivity contribution in [3.05, 3.63) is 74.9 Å². The van der Waals surface area contributed by atoms with Gasteiger partial charge in [-0.15, -0.1) is 0 Å². The van der Waals surface area contributed by atoms with Crippen LogP contribution in [0.15, 0.2) is 47.3 Å². The lowest BCUT2D eigenvalue weighted by Gasteiger charge is -2.20. The maximum Gasteiger partial charge on any atom is 0.221 e. The number of carbonyl (C=O) groups is 4. The van der Waals surface area contributed by atoms with E-state index in [9.17, 15) is 24.0 Å². The molecule has 1 atom stereocenters. The molecule has 0 heterocycles. The highest BCUT2D eigenvalue weighted by molar-refractivity contribution is 8.76. The van der Waals surface area contributed by atoms with E-state index in [0.717, 1.165) is 16.7 Å². The van der Waals surface area contributed by atoms with Crippen molar-refractivity contribution in [3.63, 3.8) is 0 Å². The van der Waals surface area contributed by atoms with Crippen LogP contribution in [0.3, 0.4) is 0 Å². The van der Waals surface area contributed by atoms with Crippen molar-refractivity contribution in [2.45, 2.75) is 31.7 Å². The second kappa shape index (κ2) is 29.5. The Morgan fingerprint density at radius 3 is 1.91 bits per heavy atom. The van der Waals surface area contributed by atoms with Crippen LogP contribution in [-0.4, -0.2) is 137 Å². The van der Waals surface area contributed by atoms with E-state index >= 15 is 0 Å². The quantitative estimate of drug-likeness (QED) is 0.0371. The molecule has 0 fully saturated rings. The molecule has 3 aromatic rings. The number of fused-ring (bicyclic) bond motifs is 3. The van der Waals surface area contributed by atoms with E-state index in [4.69, 9.17) is 47.4 Å². The standard InChI is InChI=1S/C45H58N2O15S2/c1-53-38-10-8-34-35(27-37(38)50)36(9-7-32-26-40(54-2)44(55-3)45(56-4)43(32)34)47-42(52)12-24-64-63-23-11-41(51)46-13-14-57-15-16-58-17-18-59-19-20-60-21-22-61-30-62-39-25-31(28-48)5-6-33(39)29-49/h5-6,8,10,25-29,36H,7,9,11-24,30H2,1-4H3,(H,46,51)(H,47,52). The normalized spacial score (nSPS) is 12.8. The van der Waals surface area contributed by atoms with Crippen LogP contribution >= 0.6 is 21.6 Å². The molecule has 64 heavy (non-hydrogen) atoms. The van der Waals surface area contributed by atoms with Gasteiger partial charge in [-0.3, -0.25) is 24.0 Å². The largest absolute Gasteiger partial charge is 0.493 e. The molecule has 1 aliphatic carbocycles. The van der Waals surface area contributed by atoms with Crippen LogP contribution < -0.4 is 39.7 Å². The lowest BCUT2D eigenvalue weighted by molar-refractivity contribution is -0.122. The molecule has 3 aromatic carbocycles. The summed E-state index contributed by atoms with van der Waals surface area (Å²) in [7, 11) is 9.15. The Morgan fingerprint density at radius 1 is 0.672 bits per heavy atom. The number of aryl methyl sites for hydroxylation is 1. The smallest absolute Gasteiger partial charge is 0.221 e. The summed E-state index contributed by atoms with van der Waals surface area (Å²) in [5, 5.41) is 5.99. The number of methoxy groups -OCH3 is 4. The van der Waals surface area contributed by atoms with Crippen LogP contribution in [0.5, 0.6) is 28.7 Å². The van der Waals surface area contributed by atoms with Gasteiger partial charge in [-0.2, -0.15) is 0 Å². The van der Waals surface area contributed by atoms with E-state index < -0.39 is 6.04 Å². The highest BCUT2D eigenvalue weighted by Gasteiger charge is 2.30. The molecule has 0 saturated carbocycles. The minimum absolute atomic E-state index is 0.0805. The zero-order valence-corrected chi connectivity index (χ0v) is 38.4. The zero-order chi connectivity index (χ0) is 45.9. The van der Waals surface area contributed by atoms with E-state index in [-0.39, 0.29) is 48.6 Å². The lowest BCUT2D eigenvalue weighted by Crippen LogP contribution is -2.29. The molecule has 0 aromatic heterocycles. The summed E-state index contributed by atoms with van der Waals surface area (Å²) < 4.78 is 55.1. The van der Waals surface area contributed by atoms with Crippen molar-refractivity contribution in [3.8, 4) is 39.9 Å². The lowest BCUT2D eigenvalue weighted by atomic mass is 9.95. The van der Waals surface area contributed by atoms with Gasteiger partial charge in [-0.25, -0.2) is 0 Å². The van der Waals surface area contributed by atoms with Crippen LogP contribution in [-0.2, 0) is 39.7 Å². The van der Waals surface area contributed by atoms with E-state index in [2.05, 4.69) is 10.6 Å². The Bertz CT molecular complexity index is 2020. The molecular weight excluding hydrogens is 873 g/mol. The second-order valence-electron chi connectivity index (χ2n) is 13.8. The van der Waals surface area contributed by atoms with Crippen LogP contribution in [0, 0.1) is 0 Å². The SMILES string of the molecule is COc1cc2c(c(OC)c1OC)-c1ccc(OC)c(=O)cc1C(NC(=O)CCSSCCC(=O)NCCOCCOCCOCCOCCOCOc1cc(C=O)ccc1C=O)CC2. The summed E-state index contributed by atoms with van der Waals surface area (Å²) in [6.07, 6.45) is 3.03. The average molecular weight is 931 g/mol. The first-order chi connectivity index (χ1) is 31.3. The number of benzene rings is 2. The topological polar surface area (TPSA) is 202 Å². The van der Waals surface area contributed by atoms with Gasteiger partial charge in [0, 0.05) is 42.0 Å². The maximum atomic E-state index is 13.2. The van der Waals surface area contributed by atoms with Crippen LogP contribution in [0.25, 0.3) is 11.1 Å². The minimum Gasteiger partial charge on any atom is -0.493 e.